The number of halogens is 6. The van der Waals surface area contributed by atoms with E-state index in [4.69, 9.17) is 4.74 Å². The lowest BCUT2D eigenvalue weighted by atomic mass is 9.76. The molecule has 2 N–H and O–H groups in total. The van der Waals surface area contributed by atoms with E-state index in [-0.39, 0.29) is 37.6 Å². The molecule has 13 heteroatoms. The van der Waals surface area contributed by atoms with Crippen LogP contribution in [-0.4, -0.2) is 27.9 Å². The zero-order valence-corrected chi connectivity index (χ0v) is 20.0. The first-order valence-corrected chi connectivity index (χ1v) is 11.5. The van der Waals surface area contributed by atoms with Gasteiger partial charge >= 0.3 is 18.0 Å². The topological polar surface area (TPSA) is 95.7 Å². The maximum atomic E-state index is 13.3. The summed E-state index contributed by atoms with van der Waals surface area (Å²) in [6.07, 6.45) is -9.38. The highest BCUT2D eigenvalue weighted by molar-refractivity contribution is 5.35. The fourth-order valence-corrected chi connectivity index (χ4v) is 4.61. The number of hydrogen-bond acceptors (Lipinski definition) is 5. The van der Waals surface area contributed by atoms with Gasteiger partial charge in [-0.25, -0.2) is 9.89 Å². The predicted molar refractivity (Wildman–Crippen MR) is 123 cm³/mol. The lowest BCUT2D eigenvalue weighted by molar-refractivity contribution is -0.143. The van der Waals surface area contributed by atoms with Crippen molar-refractivity contribution < 1.29 is 31.1 Å². The average molecular weight is 539 g/mol. The third-order valence-electron chi connectivity index (χ3n) is 6.89. The van der Waals surface area contributed by atoms with Crippen LogP contribution in [0.15, 0.2) is 59.7 Å². The number of nitrogens with one attached hydrogen (secondary N) is 2. The first-order chi connectivity index (χ1) is 17.8. The zero-order valence-electron chi connectivity index (χ0n) is 20.0. The molecule has 2 heterocycles. The van der Waals surface area contributed by atoms with Crippen LogP contribution < -0.4 is 11.0 Å². The van der Waals surface area contributed by atoms with E-state index in [1.165, 1.54) is 17.8 Å². The summed E-state index contributed by atoms with van der Waals surface area (Å²) in [5.41, 5.74) is -5.11. The third kappa shape index (κ3) is 5.32. The summed E-state index contributed by atoms with van der Waals surface area (Å²) in [4.78, 5) is 12.2. The molecule has 1 aromatic heterocycles. The van der Waals surface area contributed by atoms with Crippen molar-refractivity contribution in [2.24, 2.45) is 0 Å². The Hall–Kier alpha value is -3.63. The first kappa shape index (κ1) is 27.4. The summed E-state index contributed by atoms with van der Waals surface area (Å²) in [6, 6.07) is 12.5. The number of benzene rings is 2. The molecule has 2 aromatic carbocycles. The van der Waals surface area contributed by atoms with Crippen molar-refractivity contribution in [3.05, 3.63) is 87.6 Å². The minimum atomic E-state index is -4.97. The molecule has 3 aromatic rings. The summed E-state index contributed by atoms with van der Waals surface area (Å²) >= 11 is 0. The first-order valence-electron chi connectivity index (χ1n) is 11.5. The van der Waals surface area contributed by atoms with Crippen molar-refractivity contribution >= 4 is 0 Å². The van der Waals surface area contributed by atoms with Gasteiger partial charge in [0.25, 0.3) is 0 Å². The third-order valence-corrected chi connectivity index (χ3v) is 6.89. The van der Waals surface area contributed by atoms with Gasteiger partial charge < -0.3 is 10.1 Å². The molecule has 0 amide bonds. The number of aromatic amines is 1. The SMILES string of the molecule is CC(OCC1(c2ccccc2)CCC(C#N)(n2cn[nH]c2=O)CN1)c1cc(C(F)(F)F)cc(C(F)(F)F)c1. The van der Waals surface area contributed by atoms with Crippen LogP contribution >= 0.6 is 0 Å². The maximum absolute atomic E-state index is 13.3. The van der Waals surface area contributed by atoms with Gasteiger partial charge in [0.1, 0.15) is 11.9 Å². The molecule has 1 fully saturated rings. The number of nitriles is 1. The fraction of sp³-hybridized carbons (Fsp3) is 0.400. The van der Waals surface area contributed by atoms with Crippen molar-refractivity contribution in [2.75, 3.05) is 13.2 Å². The largest absolute Gasteiger partial charge is 0.416 e. The van der Waals surface area contributed by atoms with E-state index in [0.29, 0.717) is 12.1 Å². The summed E-state index contributed by atoms with van der Waals surface area (Å²) in [5, 5.41) is 19.1. The lowest BCUT2D eigenvalue weighted by Gasteiger charge is -2.45. The summed E-state index contributed by atoms with van der Waals surface area (Å²) in [5.74, 6) is 0. The highest BCUT2D eigenvalue weighted by atomic mass is 19.4. The Morgan fingerprint density at radius 1 is 1.08 bits per heavy atom. The molecule has 0 saturated carbocycles. The molecule has 0 radical (unpaired) electrons. The molecule has 3 atom stereocenters. The molecule has 1 saturated heterocycles. The van der Waals surface area contributed by atoms with Crippen LogP contribution in [0.2, 0.25) is 0 Å². The van der Waals surface area contributed by atoms with E-state index in [9.17, 15) is 36.4 Å². The van der Waals surface area contributed by atoms with E-state index in [0.717, 1.165) is 5.56 Å². The molecule has 0 bridgehead atoms. The smallest absolute Gasteiger partial charge is 0.372 e. The monoisotopic (exact) mass is 539 g/mol. The maximum Gasteiger partial charge on any atom is 0.416 e. The Balaban J connectivity index is 1.63. The molecule has 7 nitrogen and oxygen atoms in total. The molecule has 3 unspecified atom stereocenters. The Labute approximate surface area is 213 Å². The molecule has 0 spiro atoms. The minimum absolute atomic E-state index is 0.0113. The van der Waals surface area contributed by atoms with E-state index >= 15 is 0 Å². The van der Waals surface area contributed by atoms with Crippen molar-refractivity contribution in [3.8, 4) is 6.07 Å². The number of aromatic nitrogens is 3. The second-order valence-corrected chi connectivity index (χ2v) is 9.27. The number of ether oxygens (including phenoxy) is 1. The Bertz CT molecular complexity index is 1330. The van der Waals surface area contributed by atoms with Gasteiger partial charge in [-0.05, 0) is 49.1 Å². The second kappa shape index (κ2) is 9.92. The van der Waals surface area contributed by atoms with Crippen molar-refractivity contribution in [3.63, 3.8) is 0 Å². The van der Waals surface area contributed by atoms with Gasteiger partial charge in [0.15, 0.2) is 0 Å². The molecule has 38 heavy (non-hydrogen) atoms. The molecule has 202 valence electrons. The van der Waals surface area contributed by atoms with Crippen molar-refractivity contribution in [2.45, 2.75) is 49.3 Å². The summed E-state index contributed by atoms with van der Waals surface area (Å²) in [7, 11) is 0. The predicted octanol–water partition coefficient (Wildman–Crippen LogP) is 4.88. The average Bonchev–Trinajstić information content (AvgIpc) is 3.33. The van der Waals surface area contributed by atoms with Crippen LogP contribution in [0.1, 0.15) is 48.1 Å². The van der Waals surface area contributed by atoms with Crippen LogP contribution in [0, 0.1) is 11.3 Å². The molecule has 1 aliphatic rings. The molecule has 0 aliphatic carbocycles. The number of hydrogen-bond donors (Lipinski definition) is 2. The molecular formula is C25H23F6N5O2. The van der Waals surface area contributed by atoms with Gasteiger partial charge in [-0.3, -0.25) is 4.57 Å². The van der Waals surface area contributed by atoms with E-state index in [1.54, 1.807) is 30.3 Å². The van der Waals surface area contributed by atoms with Crippen LogP contribution in [0.5, 0.6) is 0 Å². The minimum Gasteiger partial charge on any atom is -0.372 e. The van der Waals surface area contributed by atoms with Gasteiger partial charge in [0.05, 0.1) is 35.4 Å². The molecular weight excluding hydrogens is 516 g/mol. The molecule has 1 aliphatic heterocycles. The van der Waals surface area contributed by atoms with Gasteiger partial charge in [0, 0.05) is 6.54 Å². The van der Waals surface area contributed by atoms with Gasteiger partial charge in [-0.1, -0.05) is 30.3 Å². The summed E-state index contributed by atoms with van der Waals surface area (Å²) in [6.45, 7) is 1.26. The highest BCUT2D eigenvalue weighted by Crippen LogP contribution is 2.40. The van der Waals surface area contributed by atoms with E-state index < -0.39 is 46.4 Å². The normalized spacial score (nSPS) is 23.1. The summed E-state index contributed by atoms with van der Waals surface area (Å²) < 4.78 is 87.1. The van der Waals surface area contributed by atoms with Crippen LogP contribution in [0.25, 0.3) is 0 Å². The Morgan fingerprint density at radius 3 is 2.18 bits per heavy atom. The molecule has 4 rings (SSSR count). The Kier molecular flexibility index (Phi) is 7.15. The van der Waals surface area contributed by atoms with Crippen molar-refractivity contribution in [1.82, 2.24) is 20.1 Å². The van der Waals surface area contributed by atoms with Crippen LogP contribution in [0.4, 0.5) is 26.3 Å². The zero-order chi connectivity index (χ0) is 27.8. The van der Waals surface area contributed by atoms with Crippen molar-refractivity contribution in [1.29, 1.82) is 5.26 Å². The van der Waals surface area contributed by atoms with E-state index in [1.807, 2.05) is 0 Å². The fourth-order valence-electron chi connectivity index (χ4n) is 4.61. The van der Waals surface area contributed by atoms with Gasteiger partial charge in [-0.15, -0.1) is 0 Å². The number of alkyl halides is 6. The van der Waals surface area contributed by atoms with Gasteiger partial charge in [-0.2, -0.15) is 36.7 Å². The standard InChI is InChI=1S/C25H23F6N5O2/c1-16(17-9-19(24(26,27)28)11-20(10-17)25(29,30)31)38-14-23(18-5-3-2-4-6-18)8-7-22(12-32,13-33-23)36-15-34-35-21(36)37/h2-6,9-11,15-16,33H,7-8,13-14H2,1H3,(H,35,37). The number of H-pyrrole nitrogens is 1. The number of nitrogens with zero attached hydrogens (tertiary/aromatic N) is 3. The number of rotatable bonds is 6. The second-order valence-electron chi connectivity index (χ2n) is 9.27. The highest BCUT2D eigenvalue weighted by Gasteiger charge is 2.46. The Morgan fingerprint density at radius 2 is 1.71 bits per heavy atom. The van der Waals surface area contributed by atoms with E-state index in [2.05, 4.69) is 21.6 Å². The lowest BCUT2D eigenvalue weighted by Crippen LogP contribution is -2.59. The number of piperidine rings is 1. The van der Waals surface area contributed by atoms with Crippen LogP contribution in [0.3, 0.4) is 0 Å². The van der Waals surface area contributed by atoms with Gasteiger partial charge in [0.2, 0.25) is 0 Å². The van der Waals surface area contributed by atoms with Crippen LogP contribution in [-0.2, 0) is 28.2 Å². The quantitative estimate of drug-likeness (QED) is 0.436.